The SMILES string of the molecule is CC1(C)C(C=C(Br)Br)C1C(=O)OCc1c(Cl)cccc1Br. The number of hydrogen-bond acceptors (Lipinski definition) is 2. The molecule has 0 spiro atoms. The largest absolute Gasteiger partial charge is 0.460 e. The molecule has 1 aromatic carbocycles. The highest BCUT2D eigenvalue weighted by Crippen LogP contribution is 2.60. The zero-order valence-electron chi connectivity index (χ0n) is 11.5. The number of hydrogen-bond donors (Lipinski definition) is 0. The summed E-state index contributed by atoms with van der Waals surface area (Å²) in [6.45, 7) is 4.31. The standard InChI is InChI=1S/C15H14Br3ClO2/c1-15(2)9(6-12(17)18)13(15)14(20)21-7-8-10(16)4-3-5-11(8)19/h3-6,9,13H,7H2,1-2H3. The van der Waals surface area contributed by atoms with Gasteiger partial charge >= 0.3 is 5.97 Å². The van der Waals surface area contributed by atoms with Crippen LogP contribution in [0.4, 0.5) is 0 Å². The van der Waals surface area contributed by atoms with Crippen LogP contribution < -0.4 is 0 Å². The molecule has 0 aromatic heterocycles. The minimum absolute atomic E-state index is 0.0818. The Balaban J connectivity index is 2.02. The number of ether oxygens (including phenoxy) is 1. The third-order valence-electron chi connectivity index (χ3n) is 3.89. The van der Waals surface area contributed by atoms with Crippen molar-refractivity contribution in [1.82, 2.24) is 0 Å². The van der Waals surface area contributed by atoms with E-state index >= 15 is 0 Å². The highest BCUT2D eigenvalue weighted by molar-refractivity contribution is 9.28. The second-order valence-corrected chi connectivity index (χ2v) is 9.62. The van der Waals surface area contributed by atoms with Gasteiger partial charge in [-0.2, -0.15) is 0 Å². The topological polar surface area (TPSA) is 26.3 Å². The van der Waals surface area contributed by atoms with Crippen LogP contribution in [0.5, 0.6) is 0 Å². The number of allylic oxidation sites excluding steroid dienone is 1. The van der Waals surface area contributed by atoms with E-state index in [0.717, 1.165) is 13.4 Å². The summed E-state index contributed by atoms with van der Waals surface area (Å²) >= 11 is 16.2. The summed E-state index contributed by atoms with van der Waals surface area (Å²) in [6.07, 6.45) is 2.00. The van der Waals surface area contributed by atoms with Crippen molar-refractivity contribution in [2.24, 2.45) is 17.3 Å². The minimum Gasteiger partial charge on any atom is -0.460 e. The first-order valence-electron chi connectivity index (χ1n) is 6.37. The maximum atomic E-state index is 12.3. The first kappa shape index (κ1) is 17.5. The lowest BCUT2D eigenvalue weighted by molar-refractivity contribution is -0.147. The lowest BCUT2D eigenvalue weighted by atomic mass is 10.1. The Morgan fingerprint density at radius 2 is 2.10 bits per heavy atom. The van der Waals surface area contributed by atoms with Gasteiger partial charge in [-0.3, -0.25) is 4.79 Å². The van der Waals surface area contributed by atoms with E-state index in [0.29, 0.717) is 5.02 Å². The van der Waals surface area contributed by atoms with Gasteiger partial charge in [0.1, 0.15) is 6.61 Å². The van der Waals surface area contributed by atoms with E-state index in [2.05, 4.69) is 61.6 Å². The van der Waals surface area contributed by atoms with Crippen LogP contribution in [0.25, 0.3) is 0 Å². The van der Waals surface area contributed by atoms with Crippen molar-refractivity contribution in [2.75, 3.05) is 0 Å². The molecule has 2 nitrogen and oxygen atoms in total. The monoisotopic (exact) mass is 498 g/mol. The van der Waals surface area contributed by atoms with Gasteiger partial charge in [-0.1, -0.05) is 53.5 Å². The number of rotatable bonds is 4. The van der Waals surface area contributed by atoms with Crippen molar-refractivity contribution in [2.45, 2.75) is 20.5 Å². The van der Waals surface area contributed by atoms with Gasteiger partial charge in [0, 0.05) is 15.1 Å². The molecule has 0 bridgehead atoms. The molecule has 1 aromatic rings. The fourth-order valence-corrected chi connectivity index (χ4v) is 3.87. The summed E-state index contributed by atoms with van der Waals surface area (Å²) in [6, 6.07) is 5.50. The lowest BCUT2D eigenvalue weighted by Gasteiger charge is -2.09. The molecule has 1 fully saturated rings. The molecule has 0 heterocycles. The van der Waals surface area contributed by atoms with Gasteiger partial charge < -0.3 is 4.74 Å². The molecule has 2 atom stereocenters. The normalized spacial score (nSPS) is 22.6. The molecule has 0 aliphatic heterocycles. The summed E-state index contributed by atoms with van der Waals surface area (Å²) in [5.41, 5.74) is 0.710. The number of benzene rings is 1. The second kappa shape index (κ2) is 6.73. The smallest absolute Gasteiger partial charge is 0.310 e. The van der Waals surface area contributed by atoms with Crippen LogP contribution >= 0.6 is 59.4 Å². The molecule has 21 heavy (non-hydrogen) atoms. The average Bonchev–Trinajstić information content (AvgIpc) is 2.89. The van der Waals surface area contributed by atoms with Crippen LogP contribution in [0.3, 0.4) is 0 Å². The summed E-state index contributed by atoms with van der Waals surface area (Å²) in [5.74, 6) is -0.133. The van der Waals surface area contributed by atoms with Gasteiger partial charge in [0.25, 0.3) is 0 Å². The van der Waals surface area contributed by atoms with Crippen LogP contribution in [0.1, 0.15) is 19.4 Å². The molecule has 0 amide bonds. The van der Waals surface area contributed by atoms with Crippen molar-refractivity contribution in [3.8, 4) is 0 Å². The van der Waals surface area contributed by atoms with Gasteiger partial charge in [-0.15, -0.1) is 0 Å². The van der Waals surface area contributed by atoms with Crippen molar-refractivity contribution in [3.63, 3.8) is 0 Å². The maximum absolute atomic E-state index is 12.3. The number of halogens is 4. The molecule has 1 aliphatic carbocycles. The Bertz CT molecular complexity index is 574. The Labute approximate surface area is 154 Å². The van der Waals surface area contributed by atoms with E-state index in [1.807, 2.05) is 18.2 Å². The molecule has 0 saturated heterocycles. The van der Waals surface area contributed by atoms with Gasteiger partial charge in [-0.25, -0.2) is 0 Å². The first-order chi connectivity index (χ1) is 9.75. The van der Waals surface area contributed by atoms with E-state index in [1.54, 1.807) is 6.07 Å². The van der Waals surface area contributed by atoms with Crippen molar-refractivity contribution in [3.05, 3.63) is 42.7 Å². The molecule has 2 unspecified atom stereocenters. The fourth-order valence-electron chi connectivity index (χ4n) is 2.48. The van der Waals surface area contributed by atoms with E-state index < -0.39 is 0 Å². The van der Waals surface area contributed by atoms with Crippen LogP contribution in [-0.4, -0.2) is 5.97 Å². The summed E-state index contributed by atoms with van der Waals surface area (Å²) in [5, 5.41) is 0.590. The predicted octanol–water partition coefficient (Wildman–Crippen LogP) is 6.05. The molecule has 1 saturated carbocycles. The molecule has 0 radical (unpaired) electrons. The van der Waals surface area contributed by atoms with Crippen LogP contribution in [0.2, 0.25) is 5.02 Å². The molecule has 0 N–H and O–H groups in total. The Morgan fingerprint density at radius 3 is 2.67 bits per heavy atom. The maximum Gasteiger partial charge on any atom is 0.310 e. The molecule has 1 aliphatic rings. The van der Waals surface area contributed by atoms with Crippen molar-refractivity contribution in [1.29, 1.82) is 0 Å². The number of carbonyl (C=O) groups excluding carboxylic acids is 1. The van der Waals surface area contributed by atoms with E-state index in [9.17, 15) is 4.79 Å². The highest BCUT2D eigenvalue weighted by Gasteiger charge is 2.61. The van der Waals surface area contributed by atoms with Crippen LogP contribution in [0.15, 0.2) is 32.1 Å². The van der Waals surface area contributed by atoms with Gasteiger partial charge in [0.15, 0.2) is 0 Å². The summed E-state index contributed by atoms with van der Waals surface area (Å²) < 4.78 is 7.15. The number of carbonyl (C=O) groups is 1. The minimum atomic E-state index is -0.186. The zero-order valence-corrected chi connectivity index (χ0v) is 17.0. The first-order valence-corrected chi connectivity index (χ1v) is 9.13. The van der Waals surface area contributed by atoms with Gasteiger partial charge in [0.05, 0.1) is 9.31 Å². The quantitative estimate of drug-likeness (QED) is 0.470. The third-order valence-corrected chi connectivity index (χ3v) is 5.52. The van der Waals surface area contributed by atoms with E-state index in [1.165, 1.54) is 0 Å². The summed E-state index contributed by atoms with van der Waals surface area (Å²) in [7, 11) is 0. The van der Waals surface area contributed by atoms with Crippen LogP contribution in [0, 0.1) is 17.3 Å². The number of esters is 1. The highest BCUT2D eigenvalue weighted by atomic mass is 79.9. The molecule has 114 valence electrons. The molecule has 6 heteroatoms. The van der Waals surface area contributed by atoms with Crippen LogP contribution in [-0.2, 0) is 16.1 Å². The molecular formula is C15H14Br3ClO2. The van der Waals surface area contributed by atoms with E-state index in [-0.39, 0.29) is 29.8 Å². The second-order valence-electron chi connectivity index (χ2n) is 5.59. The fraction of sp³-hybridized carbons (Fsp3) is 0.400. The Kier molecular flexibility index (Phi) is 5.61. The van der Waals surface area contributed by atoms with Crippen molar-refractivity contribution < 1.29 is 9.53 Å². The Hall–Kier alpha value is 0.160. The van der Waals surface area contributed by atoms with E-state index in [4.69, 9.17) is 16.3 Å². The lowest BCUT2D eigenvalue weighted by Crippen LogP contribution is -2.11. The average molecular weight is 501 g/mol. The third kappa shape index (κ3) is 3.92. The van der Waals surface area contributed by atoms with Crippen molar-refractivity contribution >= 4 is 65.4 Å². The summed E-state index contributed by atoms with van der Waals surface area (Å²) in [4.78, 5) is 12.3. The molecule has 2 rings (SSSR count). The van der Waals surface area contributed by atoms with Gasteiger partial charge in [-0.05, 0) is 55.3 Å². The van der Waals surface area contributed by atoms with Gasteiger partial charge in [0.2, 0.25) is 0 Å². The Morgan fingerprint density at radius 1 is 1.43 bits per heavy atom. The molecular weight excluding hydrogens is 487 g/mol. The predicted molar refractivity (Wildman–Crippen MR) is 95.6 cm³/mol. The zero-order chi connectivity index (χ0) is 15.8.